The molecule has 32 heavy (non-hydrogen) atoms. The summed E-state index contributed by atoms with van der Waals surface area (Å²) in [6.45, 7) is 1.91. The molecule has 0 aromatic heterocycles. The second-order valence-electron chi connectivity index (χ2n) is 8.19. The van der Waals surface area contributed by atoms with Crippen molar-refractivity contribution in [2.45, 2.75) is 32.1 Å². The number of rotatable bonds is 5. The molecule has 1 aliphatic heterocycles. The largest absolute Gasteiger partial charge is 0.497 e. The van der Waals surface area contributed by atoms with Gasteiger partial charge in [0.2, 0.25) is 11.8 Å². The maximum Gasteiger partial charge on any atom is 0.232 e. The maximum atomic E-state index is 13.2. The van der Waals surface area contributed by atoms with Gasteiger partial charge in [0.15, 0.2) is 5.78 Å². The summed E-state index contributed by atoms with van der Waals surface area (Å²) in [4.78, 5) is 38.7. The molecule has 1 heterocycles. The van der Waals surface area contributed by atoms with Gasteiger partial charge in [-0.2, -0.15) is 0 Å². The summed E-state index contributed by atoms with van der Waals surface area (Å²) in [6.07, 6.45) is 0.729. The number of Topliss-reactive ketones (excluding diaryl/α,β-unsaturated/α-hetero) is 1. The molecular formula is C25H26N2O5. The number of amides is 2. The molecule has 0 saturated heterocycles. The molecular weight excluding hydrogens is 408 g/mol. The molecule has 0 unspecified atom stereocenters. The third-order valence-electron chi connectivity index (χ3n) is 6.05. The molecule has 2 aliphatic rings. The molecule has 2 atom stereocenters. The molecule has 2 aromatic rings. The topological polar surface area (TPSA) is 93.7 Å². The van der Waals surface area contributed by atoms with Crippen molar-refractivity contribution in [1.82, 2.24) is 5.32 Å². The molecule has 0 saturated carbocycles. The summed E-state index contributed by atoms with van der Waals surface area (Å²) in [5, 5.41) is 5.70. The number of methoxy groups -OCH3 is 2. The summed E-state index contributed by atoms with van der Waals surface area (Å²) < 4.78 is 10.5. The Morgan fingerprint density at radius 3 is 2.44 bits per heavy atom. The van der Waals surface area contributed by atoms with Crippen molar-refractivity contribution in [3.8, 4) is 11.5 Å². The standard InChI is InChI=1S/C25H26N2O5/c1-14-4-9-22(32-3)19(10-14)27-25(30)18-13-23(29)26-20-11-16(12-21(28)24(18)20)15-5-7-17(31-2)8-6-15/h4-10,16,18H,11-13H2,1-3H3,(H,26,29)(H,27,30)/t16-,18+/m0/s1. The van der Waals surface area contributed by atoms with Crippen molar-refractivity contribution in [3.05, 3.63) is 64.9 Å². The van der Waals surface area contributed by atoms with Crippen molar-refractivity contribution in [2.24, 2.45) is 5.92 Å². The van der Waals surface area contributed by atoms with Gasteiger partial charge in [-0.1, -0.05) is 18.2 Å². The van der Waals surface area contributed by atoms with Crippen molar-refractivity contribution in [3.63, 3.8) is 0 Å². The zero-order valence-electron chi connectivity index (χ0n) is 18.4. The van der Waals surface area contributed by atoms with E-state index in [9.17, 15) is 14.4 Å². The number of carbonyl (C=O) groups is 3. The van der Waals surface area contributed by atoms with Gasteiger partial charge >= 0.3 is 0 Å². The minimum Gasteiger partial charge on any atom is -0.497 e. The van der Waals surface area contributed by atoms with E-state index in [0.29, 0.717) is 35.5 Å². The Morgan fingerprint density at radius 1 is 1.00 bits per heavy atom. The normalized spacial score (nSPS) is 20.3. The Labute approximate surface area is 186 Å². The van der Waals surface area contributed by atoms with Crippen molar-refractivity contribution in [2.75, 3.05) is 19.5 Å². The average molecular weight is 434 g/mol. The van der Waals surface area contributed by atoms with Crippen LogP contribution in [-0.4, -0.2) is 31.8 Å². The number of ether oxygens (including phenoxy) is 2. The number of anilines is 1. The summed E-state index contributed by atoms with van der Waals surface area (Å²) in [6, 6.07) is 13.0. The molecule has 4 rings (SSSR count). The number of benzene rings is 2. The number of aryl methyl sites for hydroxylation is 1. The minimum atomic E-state index is -0.826. The third kappa shape index (κ3) is 4.23. The van der Waals surface area contributed by atoms with Crippen molar-refractivity contribution < 1.29 is 23.9 Å². The van der Waals surface area contributed by atoms with Gasteiger partial charge < -0.3 is 20.1 Å². The fourth-order valence-electron chi connectivity index (χ4n) is 4.44. The van der Waals surface area contributed by atoms with Gasteiger partial charge in [0, 0.05) is 24.1 Å². The Kier molecular flexibility index (Phi) is 5.99. The number of carbonyl (C=O) groups excluding carboxylic acids is 3. The van der Waals surface area contributed by atoms with E-state index in [2.05, 4.69) is 10.6 Å². The Bertz CT molecular complexity index is 1100. The molecule has 2 N–H and O–H groups in total. The smallest absolute Gasteiger partial charge is 0.232 e. The first kappa shape index (κ1) is 21.6. The van der Waals surface area contributed by atoms with E-state index in [0.717, 1.165) is 16.9 Å². The highest BCUT2D eigenvalue weighted by molar-refractivity contribution is 6.09. The van der Waals surface area contributed by atoms with Crippen LogP contribution < -0.4 is 20.1 Å². The number of hydrogen-bond acceptors (Lipinski definition) is 5. The lowest BCUT2D eigenvalue weighted by atomic mass is 9.75. The summed E-state index contributed by atoms with van der Waals surface area (Å²) in [5.41, 5.74) is 3.44. The fourth-order valence-corrected chi connectivity index (χ4v) is 4.44. The lowest BCUT2D eigenvalue weighted by Gasteiger charge is -2.33. The van der Waals surface area contributed by atoms with E-state index in [1.807, 2.05) is 37.3 Å². The highest BCUT2D eigenvalue weighted by atomic mass is 16.5. The molecule has 7 nitrogen and oxygen atoms in total. The van der Waals surface area contributed by atoms with Crippen LogP contribution in [-0.2, 0) is 14.4 Å². The molecule has 0 spiro atoms. The van der Waals surface area contributed by atoms with Crippen LogP contribution in [0.5, 0.6) is 11.5 Å². The van der Waals surface area contributed by atoms with Gasteiger partial charge in [-0.25, -0.2) is 0 Å². The van der Waals surface area contributed by atoms with E-state index in [1.54, 1.807) is 19.2 Å². The van der Waals surface area contributed by atoms with E-state index >= 15 is 0 Å². The Balaban J connectivity index is 1.60. The summed E-state index contributed by atoms with van der Waals surface area (Å²) in [7, 11) is 3.13. The first-order valence-electron chi connectivity index (χ1n) is 10.5. The number of allylic oxidation sites excluding steroid dienone is 1. The Morgan fingerprint density at radius 2 is 1.75 bits per heavy atom. The minimum absolute atomic E-state index is 0.0578. The van der Waals surface area contributed by atoms with Crippen LogP contribution in [0.3, 0.4) is 0 Å². The van der Waals surface area contributed by atoms with E-state index in [-0.39, 0.29) is 29.9 Å². The Hall–Kier alpha value is -3.61. The van der Waals surface area contributed by atoms with Gasteiger partial charge in [-0.15, -0.1) is 0 Å². The van der Waals surface area contributed by atoms with E-state index < -0.39 is 5.92 Å². The van der Waals surface area contributed by atoms with Crippen LogP contribution in [0.2, 0.25) is 0 Å². The molecule has 2 amide bonds. The quantitative estimate of drug-likeness (QED) is 0.751. The zero-order chi connectivity index (χ0) is 22.8. The van der Waals surface area contributed by atoms with Gasteiger partial charge in [0.05, 0.1) is 25.8 Å². The van der Waals surface area contributed by atoms with Crippen LogP contribution in [0.15, 0.2) is 53.7 Å². The lowest BCUT2D eigenvalue weighted by molar-refractivity contribution is -0.129. The zero-order valence-corrected chi connectivity index (χ0v) is 18.4. The van der Waals surface area contributed by atoms with Gasteiger partial charge in [-0.05, 0) is 54.7 Å². The number of hydrogen-bond donors (Lipinski definition) is 2. The molecule has 0 fully saturated rings. The highest BCUT2D eigenvalue weighted by Crippen LogP contribution is 2.40. The van der Waals surface area contributed by atoms with Gasteiger partial charge in [0.25, 0.3) is 0 Å². The second-order valence-corrected chi connectivity index (χ2v) is 8.19. The van der Waals surface area contributed by atoms with Gasteiger partial charge in [-0.3, -0.25) is 14.4 Å². The number of ketones is 1. The molecule has 0 radical (unpaired) electrons. The summed E-state index contributed by atoms with van der Waals surface area (Å²) >= 11 is 0. The molecule has 166 valence electrons. The van der Waals surface area contributed by atoms with Crippen molar-refractivity contribution >= 4 is 23.3 Å². The molecule has 2 aromatic carbocycles. The SMILES string of the molecule is COc1ccc([C@@H]2CC(=O)C3=C(C2)NC(=O)C[C@H]3C(=O)Nc2cc(C)ccc2OC)cc1. The first-order valence-corrected chi connectivity index (χ1v) is 10.5. The predicted molar refractivity (Wildman–Crippen MR) is 120 cm³/mol. The number of nitrogens with one attached hydrogen (secondary N) is 2. The highest BCUT2D eigenvalue weighted by Gasteiger charge is 2.40. The van der Waals surface area contributed by atoms with Crippen LogP contribution in [0.25, 0.3) is 0 Å². The molecule has 7 heteroatoms. The second kappa shape index (κ2) is 8.86. The monoisotopic (exact) mass is 434 g/mol. The van der Waals surface area contributed by atoms with Crippen LogP contribution in [0.4, 0.5) is 5.69 Å². The van der Waals surface area contributed by atoms with Crippen LogP contribution in [0.1, 0.15) is 36.3 Å². The fraction of sp³-hybridized carbons (Fsp3) is 0.320. The van der Waals surface area contributed by atoms with Gasteiger partial charge in [0.1, 0.15) is 11.5 Å². The summed E-state index contributed by atoms with van der Waals surface area (Å²) in [5.74, 6) is -0.378. The van der Waals surface area contributed by atoms with E-state index in [4.69, 9.17) is 9.47 Å². The molecule has 0 bridgehead atoms. The molecule has 1 aliphatic carbocycles. The average Bonchev–Trinajstić information content (AvgIpc) is 2.78. The van der Waals surface area contributed by atoms with Crippen LogP contribution >= 0.6 is 0 Å². The predicted octanol–water partition coefficient (Wildman–Crippen LogP) is 3.49. The lowest BCUT2D eigenvalue weighted by Crippen LogP contribution is -2.43. The van der Waals surface area contributed by atoms with Crippen LogP contribution in [0, 0.1) is 12.8 Å². The van der Waals surface area contributed by atoms with E-state index in [1.165, 1.54) is 7.11 Å². The third-order valence-corrected chi connectivity index (χ3v) is 6.05. The van der Waals surface area contributed by atoms with Crippen molar-refractivity contribution in [1.29, 1.82) is 0 Å². The maximum absolute atomic E-state index is 13.2. The first-order chi connectivity index (χ1) is 15.4.